The zero-order chi connectivity index (χ0) is 18.2. The van der Waals surface area contributed by atoms with Gasteiger partial charge in [-0.1, -0.05) is 56.8 Å². The molecule has 0 amide bonds. The Bertz CT molecular complexity index is 896. The Balaban J connectivity index is 2.23. The minimum atomic E-state index is -0.429. The molecule has 1 unspecified atom stereocenters. The fourth-order valence-corrected chi connectivity index (χ4v) is 3.28. The van der Waals surface area contributed by atoms with Crippen molar-refractivity contribution >= 4 is 38.0 Å². The van der Waals surface area contributed by atoms with Crippen LogP contribution >= 0.6 is 0 Å². The molecule has 3 aromatic rings. The van der Waals surface area contributed by atoms with Gasteiger partial charge in [-0.15, -0.1) is 0 Å². The monoisotopic (exact) mass is 348 g/mol. The SMILES string of the molecule is C=C(C)C(=O)OC(CC(C)(C)[Si])n1c2ccccc2c2ccccc21. The van der Waals surface area contributed by atoms with Gasteiger partial charge in [0.05, 0.1) is 11.0 Å². The van der Waals surface area contributed by atoms with Crippen molar-refractivity contribution in [3.8, 4) is 0 Å². The highest BCUT2D eigenvalue weighted by Gasteiger charge is 2.26. The van der Waals surface area contributed by atoms with Crippen molar-refractivity contribution in [3.05, 3.63) is 60.7 Å². The number of benzene rings is 2. The maximum atomic E-state index is 12.3. The number of carbonyl (C=O) groups excluding carboxylic acids is 1. The second-order valence-electron chi connectivity index (χ2n) is 7.13. The Kier molecular flexibility index (Phi) is 4.56. The second-order valence-corrected chi connectivity index (χ2v) is 8.49. The zero-order valence-corrected chi connectivity index (χ0v) is 15.9. The predicted molar refractivity (Wildman–Crippen MR) is 104 cm³/mol. The third-order valence-corrected chi connectivity index (χ3v) is 4.39. The smallest absolute Gasteiger partial charge is 0.335 e. The van der Waals surface area contributed by atoms with E-state index in [1.807, 2.05) is 24.3 Å². The van der Waals surface area contributed by atoms with Crippen molar-refractivity contribution in [1.82, 2.24) is 4.57 Å². The number of esters is 1. The van der Waals surface area contributed by atoms with Gasteiger partial charge in [0.1, 0.15) is 0 Å². The third kappa shape index (κ3) is 3.54. The van der Waals surface area contributed by atoms with Crippen LogP contribution in [0.25, 0.3) is 21.8 Å². The van der Waals surface area contributed by atoms with Crippen LogP contribution in [-0.2, 0) is 9.53 Å². The van der Waals surface area contributed by atoms with Crippen LogP contribution < -0.4 is 0 Å². The van der Waals surface area contributed by atoms with Gasteiger partial charge < -0.3 is 9.30 Å². The molecule has 0 saturated carbocycles. The first-order chi connectivity index (χ1) is 11.8. The van der Waals surface area contributed by atoms with Crippen LogP contribution in [0.15, 0.2) is 60.7 Å². The molecular formula is C21H22NO2Si. The molecule has 4 heteroatoms. The molecule has 0 aliphatic rings. The molecule has 3 rings (SSSR count). The number of hydrogen-bond donors (Lipinski definition) is 0. The van der Waals surface area contributed by atoms with E-state index < -0.39 is 6.23 Å². The van der Waals surface area contributed by atoms with Gasteiger partial charge >= 0.3 is 5.97 Å². The van der Waals surface area contributed by atoms with E-state index in [1.54, 1.807) is 6.92 Å². The third-order valence-electron chi connectivity index (χ3n) is 4.18. The topological polar surface area (TPSA) is 31.2 Å². The molecule has 0 N–H and O–H groups in total. The molecule has 0 aliphatic carbocycles. The van der Waals surface area contributed by atoms with Crippen molar-refractivity contribution < 1.29 is 9.53 Å². The molecule has 0 spiro atoms. The Morgan fingerprint density at radius 2 is 1.60 bits per heavy atom. The number of aromatic nitrogens is 1. The summed E-state index contributed by atoms with van der Waals surface area (Å²) in [5.41, 5.74) is 2.51. The van der Waals surface area contributed by atoms with Gasteiger partial charge in [0.25, 0.3) is 0 Å². The summed E-state index contributed by atoms with van der Waals surface area (Å²) >= 11 is 0. The summed E-state index contributed by atoms with van der Waals surface area (Å²) in [6.45, 7) is 9.52. The van der Waals surface area contributed by atoms with Crippen LogP contribution in [-0.4, -0.2) is 20.8 Å². The number of fused-ring (bicyclic) bond motifs is 3. The van der Waals surface area contributed by atoms with Crippen LogP contribution in [0.5, 0.6) is 0 Å². The molecule has 0 aliphatic heterocycles. The molecule has 1 atom stereocenters. The number of nitrogens with zero attached hydrogens (tertiary/aromatic N) is 1. The van der Waals surface area contributed by atoms with E-state index in [2.05, 4.69) is 59.5 Å². The maximum Gasteiger partial charge on any atom is 0.335 e. The van der Waals surface area contributed by atoms with Gasteiger partial charge in [0.2, 0.25) is 0 Å². The lowest BCUT2D eigenvalue weighted by Crippen LogP contribution is -2.22. The highest BCUT2D eigenvalue weighted by atomic mass is 28.1. The van der Waals surface area contributed by atoms with Crippen molar-refractivity contribution in [2.45, 2.75) is 38.5 Å². The number of hydrogen-bond acceptors (Lipinski definition) is 2. The van der Waals surface area contributed by atoms with E-state index in [1.165, 1.54) is 0 Å². The first kappa shape index (κ1) is 17.5. The Hall–Kier alpha value is -2.33. The normalized spacial score (nSPS) is 13.1. The molecule has 1 heterocycles. The van der Waals surface area contributed by atoms with Crippen molar-refractivity contribution in [2.75, 3.05) is 0 Å². The zero-order valence-electron chi connectivity index (χ0n) is 14.9. The summed E-state index contributed by atoms with van der Waals surface area (Å²) < 4.78 is 7.96. The van der Waals surface area contributed by atoms with E-state index in [9.17, 15) is 4.79 Å². The molecular weight excluding hydrogens is 326 g/mol. The molecule has 25 heavy (non-hydrogen) atoms. The van der Waals surface area contributed by atoms with Gasteiger partial charge in [-0.3, -0.25) is 0 Å². The largest absolute Gasteiger partial charge is 0.438 e. The fourth-order valence-electron chi connectivity index (χ4n) is 3.11. The maximum absolute atomic E-state index is 12.3. The fraction of sp³-hybridized carbons (Fsp3) is 0.286. The minimum absolute atomic E-state index is 0.188. The lowest BCUT2D eigenvalue weighted by Gasteiger charge is -2.28. The Morgan fingerprint density at radius 1 is 1.12 bits per heavy atom. The minimum Gasteiger partial charge on any atom is -0.438 e. The molecule has 0 fully saturated rings. The molecule has 2 aromatic carbocycles. The number of rotatable bonds is 5. The Labute approximate surface area is 151 Å². The standard InChI is InChI=1S/C21H22NO2Si/c1-14(2)20(23)24-19(13-21(3,4)25)22-17-11-7-5-9-15(17)16-10-6-8-12-18(16)22/h5-12,19H,1,13H2,2-4H3. The molecule has 0 saturated heterocycles. The van der Waals surface area contributed by atoms with Crippen molar-refractivity contribution in [1.29, 1.82) is 0 Å². The van der Waals surface area contributed by atoms with Crippen molar-refractivity contribution in [3.63, 3.8) is 0 Å². The van der Waals surface area contributed by atoms with E-state index in [0.717, 1.165) is 21.8 Å². The number of ether oxygens (including phenoxy) is 1. The predicted octanol–water partition coefficient (Wildman–Crippen LogP) is 5.17. The highest BCUT2D eigenvalue weighted by Crippen LogP contribution is 2.38. The summed E-state index contributed by atoms with van der Waals surface area (Å²) in [7, 11) is 3.75. The van der Waals surface area contributed by atoms with Crippen LogP contribution in [0.3, 0.4) is 0 Å². The number of para-hydroxylation sites is 2. The van der Waals surface area contributed by atoms with Gasteiger partial charge in [-0.2, -0.15) is 0 Å². The average Bonchev–Trinajstić information content (AvgIpc) is 2.87. The molecule has 3 nitrogen and oxygen atoms in total. The molecule has 3 radical (unpaired) electrons. The van der Waals surface area contributed by atoms with Gasteiger partial charge in [-0.05, 0) is 24.1 Å². The average molecular weight is 348 g/mol. The van der Waals surface area contributed by atoms with Crippen LogP contribution in [0.2, 0.25) is 5.04 Å². The van der Waals surface area contributed by atoms with Gasteiger partial charge in [0, 0.05) is 33.0 Å². The highest BCUT2D eigenvalue weighted by molar-refractivity contribution is 6.14. The summed E-state index contributed by atoms with van der Waals surface area (Å²) in [4.78, 5) is 12.3. The van der Waals surface area contributed by atoms with E-state index in [4.69, 9.17) is 4.74 Å². The van der Waals surface area contributed by atoms with Crippen molar-refractivity contribution in [2.24, 2.45) is 0 Å². The van der Waals surface area contributed by atoms with Gasteiger partial charge in [-0.25, -0.2) is 4.79 Å². The molecule has 1 aromatic heterocycles. The quantitative estimate of drug-likeness (QED) is 0.362. The van der Waals surface area contributed by atoms with Crippen LogP contribution in [0.4, 0.5) is 0 Å². The van der Waals surface area contributed by atoms with E-state index in [-0.39, 0.29) is 11.0 Å². The first-order valence-electron chi connectivity index (χ1n) is 8.37. The summed E-state index contributed by atoms with van der Waals surface area (Å²) in [5, 5.41) is 2.12. The lowest BCUT2D eigenvalue weighted by molar-refractivity contribution is -0.149. The molecule has 127 valence electrons. The summed E-state index contributed by atoms with van der Waals surface area (Å²) in [5.74, 6) is -0.372. The second kappa shape index (κ2) is 6.52. The van der Waals surface area contributed by atoms with Gasteiger partial charge in [0.15, 0.2) is 6.23 Å². The first-order valence-corrected chi connectivity index (χ1v) is 8.87. The van der Waals surface area contributed by atoms with Crippen LogP contribution in [0.1, 0.15) is 33.4 Å². The lowest BCUT2D eigenvalue weighted by atomic mass is 10.1. The molecule has 0 bridgehead atoms. The summed E-state index contributed by atoms with van der Waals surface area (Å²) in [6.07, 6.45) is 0.201. The van der Waals surface area contributed by atoms with E-state index >= 15 is 0 Å². The van der Waals surface area contributed by atoms with Crippen LogP contribution in [0, 0.1) is 0 Å². The summed E-state index contributed by atoms with van der Waals surface area (Å²) in [6, 6.07) is 16.4. The number of carbonyl (C=O) groups is 1. The van der Waals surface area contributed by atoms with E-state index in [0.29, 0.717) is 12.0 Å². The Morgan fingerprint density at radius 3 is 2.04 bits per heavy atom.